The zero-order chi connectivity index (χ0) is 14.6. The standard InChI is InChI=1S/C11H17BrClNO3S2/c1-3-8(4-2)14(5-6-15)19(16,17)10-7-9(13)11(12)18-10/h7-8,15H,3-6H2,1-2H3. The molecule has 0 unspecified atom stereocenters. The van der Waals surface area contributed by atoms with Crippen molar-refractivity contribution in [3.63, 3.8) is 0 Å². The van der Waals surface area contributed by atoms with Crippen molar-refractivity contribution in [2.45, 2.75) is 36.9 Å². The Morgan fingerprint density at radius 3 is 2.42 bits per heavy atom. The molecular weight excluding hydrogens is 374 g/mol. The van der Waals surface area contributed by atoms with Gasteiger partial charge in [-0.1, -0.05) is 25.4 Å². The van der Waals surface area contributed by atoms with Crippen LogP contribution in [0.1, 0.15) is 26.7 Å². The van der Waals surface area contributed by atoms with Crippen molar-refractivity contribution in [1.29, 1.82) is 0 Å². The molecule has 0 spiro atoms. The lowest BCUT2D eigenvalue weighted by molar-refractivity contribution is 0.220. The summed E-state index contributed by atoms with van der Waals surface area (Å²) in [7, 11) is -3.61. The number of thiophene rings is 1. The number of hydrogen-bond donors (Lipinski definition) is 1. The van der Waals surface area contributed by atoms with E-state index >= 15 is 0 Å². The first-order chi connectivity index (χ1) is 8.88. The summed E-state index contributed by atoms with van der Waals surface area (Å²) < 4.78 is 27.3. The summed E-state index contributed by atoms with van der Waals surface area (Å²) in [5, 5.41) is 9.49. The quantitative estimate of drug-likeness (QED) is 0.777. The van der Waals surface area contributed by atoms with Gasteiger partial charge in [-0.2, -0.15) is 4.31 Å². The van der Waals surface area contributed by atoms with E-state index in [2.05, 4.69) is 15.9 Å². The first-order valence-corrected chi connectivity index (χ1v) is 9.38. The normalized spacial score (nSPS) is 12.6. The maximum Gasteiger partial charge on any atom is 0.252 e. The molecule has 0 aliphatic heterocycles. The number of sulfonamides is 1. The van der Waals surface area contributed by atoms with Crippen LogP contribution in [0, 0.1) is 0 Å². The molecule has 0 aliphatic carbocycles. The third kappa shape index (κ3) is 3.92. The summed E-state index contributed by atoms with van der Waals surface area (Å²) in [6.07, 6.45) is 1.41. The first kappa shape index (κ1) is 17.4. The van der Waals surface area contributed by atoms with Crippen LogP contribution in [0.3, 0.4) is 0 Å². The van der Waals surface area contributed by atoms with Gasteiger partial charge in [0, 0.05) is 12.6 Å². The van der Waals surface area contributed by atoms with Crippen molar-refractivity contribution in [2.75, 3.05) is 13.2 Å². The minimum atomic E-state index is -3.61. The van der Waals surface area contributed by atoms with E-state index < -0.39 is 10.0 Å². The highest BCUT2D eigenvalue weighted by atomic mass is 79.9. The molecule has 1 aromatic heterocycles. The summed E-state index contributed by atoms with van der Waals surface area (Å²) in [5.41, 5.74) is 0. The van der Waals surface area contributed by atoms with Crippen LogP contribution in [0.15, 0.2) is 14.1 Å². The highest BCUT2D eigenvalue weighted by molar-refractivity contribution is 9.11. The second kappa shape index (κ2) is 7.38. The molecule has 0 radical (unpaired) electrons. The molecule has 1 rings (SSSR count). The topological polar surface area (TPSA) is 57.6 Å². The van der Waals surface area contributed by atoms with Crippen LogP contribution < -0.4 is 0 Å². The third-order valence-electron chi connectivity index (χ3n) is 2.86. The number of aliphatic hydroxyl groups is 1. The van der Waals surface area contributed by atoms with Crippen molar-refractivity contribution in [3.8, 4) is 0 Å². The fraction of sp³-hybridized carbons (Fsp3) is 0.636. The van der Waals surface area contributed by atoms with Crippen LogP contribution in [0.25, 0.3) is 0 Å². The van der Waals surface area contributed by atoms with Crippen molar-refractivity contribution in [3.05, 3.63) is 14.9 Å². The Bertz CT molecular complexity index is 495. The minimum absolute atomic E-state index is 0.0990. The average Bonchev–Trinajstić information content (AvgIpc) is 2.70. The molecule has 19 heavy (non-hydrogen) atoms. The smallest absolute Gasteiger partial charge is 0.252 e. The monoisotopic (exact) mass is 389 g/mol. The number of rotatable bonds is 7. The van der Waals surface area contributed by atoms with E-state index in [9.17, 15) is 8.42 Å². The summed E-state index contributed by atoms with van der Waals surface area (Å²) in [6.45, 7) is 3.77. The Morgan fingerprint density at radius 1 is 1.47 bits per heavy atom. The lowest BCUT2D eigenvalue weighted by Crippen LogP contribution is -2.41. The number of hydrogen-bond acceptors (Lipinski definition) is 4. The van der Waals surface area contributed by atoms with Gasteiger partial charge in [0.15, 0.2) is 0 Å². The molecule has 1 heterocycles. The summed E-state index contributed by atoms with van der Waals surface area (Å²) in [4.78, 5) is 0. The van der Waals surface area contributed by atoms with E-state index in [0.29, 0.717) is 21.7 Å². The van der Waals surface area contributed by atoms with Gasteiger partial charge in [0.1, 0.15) is 4.21 Å². The van der Waals surface area contributed by atoms with Gasteiger partial charge in [-0.15, -0.1) is 11.3 Å². The van der Waals surface area contributed by atoms with Gasteiger partial charge >= 0.3 is 0 Å². The summed E-state index contributed by atoms with van der Waals surface area (Å²) in [6, 6.07) is 1.33. The minimum Gasteiger partial charge on any atom is -0.395 e. The van der Waals surface area contributed by atoms with E-state index in [1.54, 1.807) is 0 Å². The molecule has 1 N–H and O–H groups in total. The van der Waals surface area contributed by atoms with Gasteiger partial charge < -0.3 is 5.11 Å². The molecule has 110 valence electrons. The zero-order valence-corrected chi connectivity index (χ0v) is 14.7. The molecule has 0 saturated heterocycles. The predicted molar refractivity (Wildman–Crippen MR) is 82.4 cm³/mol. The second-order valence-corrected chi connectivity index (χ2v) is 8.89. The zero-order valence-electron chi connectivity index (χ0n) is 10.8. The maximum absolute atomic E-state index is 12.6. The summed E-state index contributed by atoms with van der Waals surface area (Å²) in [5.74, 6) is 0. The fourth-order valence-electron chi connectivity index (χ4n) is 1.86. The van der Waals surface area contributed by atoms with Crippen LogP contribution in [0.4, 0.5) is 0 Å². The highest BCUT2D eigenvalue weighted by Gasteiger charge is 2.31. The molecule has 0 amide bonds. The van der Waals surface area contributed by atoms with Gasteiger partial charge in [-0.05, 0) is 34.8 Å². The van der Waals surface area contributed by atoms with Gasteiger partial charge in [0.05, 0.1) is 15.4 Å². The molecule has 0 aliphatic rings. The maximum atomic E-state index is 12.6. The van der Waals surface area contributed by atoms with Gasteiger partial charge in [0.25, 0.3) is 10.0 Å². The van der Waals surface area contributed by atoms with Gasteiger partial charge in [0.2, 0.25) is 0 Å². The predicted octanol–water partition coefficient (Wildman–Crippen LogP) is 3.34. The van der Waals surface area contributed by atoms with Crippen molar-refractivity contribution in [2.24, 2.45) is 0 Å². The molecule has 0 bridgehead atoms. The first-order valence-electron chi connectivity index (χ1n) is 5.95. The van der Waals surface area contributed by atoms with Crippen LogP contribution in [0.2, 0.25) is 5.02 Å². The van der Waals surface area contributed by atoms with E-state index in [1.807, 2.05) is 13.8 Å². The van der Waals surface area contributed by atoms with E-state index in [-0.39, 0.29) is 23.4 Å². The fourth-order valence-corrected chi connectivity index (χ4v) is 6.16. The lowest BCUT2D eigenvalue weighted by atomic mass is 10.2. The number of halogens is 2. The Morgan fingerprint density at radius 2 is 2.05 bits per heavy atom. The number of aliphatic hydroxyl groups excluding tert-OH is 1. The Balaban J connectivity index is 3.19. The molecular formula is C11H17BrClNO3S2. The van der Waals surface area contributed by atoms with Crippen molar-refractivity contribution in [1.82, 2.24) is 4.31 Å². The largest absolute Gasteiger partial charge is 0.395 e. The lowest BCUT2D eigenvalue weighted by Gasteiger charge is -2.28. The van der Waals surface area contributed by atoms with Crippen LogP contribution in [-0.4, -0.2) is 37.0 Å². The summed E-state index contributed by atoms with van der Waals surface area (Å²) >= 11 is 10.2. The van der Waals surface area contributed by atoms with E-state index in [1.165, 1.54) is 10.4 Å². The molecule has 0 aromatic carbocycles. The highest BCUT2D eigenvalue weighted by Crippen LogP contribution is 2.36. The number of nitrogens with zero attached hydrogens (tertiary/aromatic N) is 1. The van der Waals surface area contributed by atoms with Crippen molar-refractivity contribution < 1.29 is 13.5 Å². The molecule has 8 heteroatoms. The average molecular weight is 391 g/mol. The molecule has 0 saturated carbocycles. The van der Waals surface area contributed by atoms with Gasteiger partial charge in [-0.3, -0.25) is 0 Å². The van der Waals surface area contributed by atoms with E-state index in [4.69, 9.17) is 16.7 Å². The molecule has 0 fully saturated rings. The Hall–Kier alpha value is 0.340. The molecule has 4 nitrogen and oxygen atoms in total. The second-order valence-electron chi connectivity index (χ2n) is 4.00. The van der Waals surface area contributed by atoms with E-state index in [0.717, 1.165) is 11.3 Å². The van der Waals surface area contributed by atoms with Crippen LogP contribution >= 0.6 is 38.9 Å². The Kier molecular flexibility index (Phi) is 6.75. The van der Waals surface area contributed by atoms with Gasteiger partial charge in [-0.25, -0.2) is 8.42 Å². The molecule has 1 aromatic rings. The SMILES string of the molecule is CCC(CC)N(CCO)S(=O)(=O)c1cc(Cl)c(Br)s1. The van der Waals surface area contributed by atoms with Crippen LogP contribution in [-0.2, 0) is 10.0 Å². The van der Waals surface area contributed by atoms with Crippen molar-refractivity contribution >= 4 is 48.9 Å². The third-order valence-corrected chi connectivity index (χ3v) is 7.73. The van der Waals surface area contributed by atoms with Crippen LogP contribution in [0.5, 0.6) is 0 Å². The molecule has 0 atom stereocenters. The Labute approximate surface area is 131 Å².